The molecule has 24 heavy (non-hydrogen) atoms. The number of halogens is 3. The average Bonchev–Trinajstić information content (AvgIpc) is 2.83. The van der Waals surface area contributed by atoms with E-state index in [4.69, 9.17) is 0 Å². The number of aromatic hydroxyl groups is 1. The van der Waals surface area contributed by atoms with E-state index in [1.165, 1.54) is 0 Å². The lowest BCUT2D eigenvalue weighted by atomic mass is 9.97. The second kappa shape index (κ2) is 5.51. The number of likely N-dealkylation sites (tertiary alicyclic amines) is 1. The van der Waals surface area contributed by atoms with Crippen LogP contribution in [-0.4, -0.2) is 38.4 Å². The zero-order valence-electron chi connectivity index (χ0n) is 13.8. The quantitative estimate of drug-likeness (QED) is 0.901. The van der Waals surface area contributed by atoms with Crippen LogP contribution in [0.5, 0.6) is 5.75 Å². The first-order chi connectivity index (χ1) is 11.1. The average molecular weight is 339 g/mol. The lowest BCUT2D eigenvalue weighted by Crippen LogP contribution is -2.56. The smallest absolute Gasteiger partial charge is 0.416 e. The van der Waals surface area contributed by atoms with E-state index in [2.05, 4.69) is 30.8 Å². The van der Waals surface area contributed by atoms with Gasteiger partial charge in [-0.25, -0.2) is 0 Å². The topological polar surface area (TPSA) is 41.3 Å². The van der Waals surface area contributed by atoms with Gasteiger partial charge in [-0.2, -0.15) is 18.3 Å². The van der Waals surface area contributed by atoms with Gasteiger partial charge in [0.25, 0.3) is 0 Å². The van der Waals surface area contributed by atoms with E-state index in [0.29, 0.717) is 5.69 Å². The van der Waals surface area contributed by atoms with Crippen molar-refractivity contribution in [2.24, 2.45) is 0 Å². The van der Waals surface area contributed by atoms with Crippen LogP contribution in [0.25, 0.3) is 11.3 Å². The second-order valence-corrected chi connectivity index (χ2v) is 7.12. The highest BCUT2D eigenvalue weighted by atomic mass is 19.4. The van der Waals surface area contributed by atoms with E-state index in [1.54, 1.807) is 16.9 Å². The van der Waals surface area contributed by atoms with Crippen LogP contribution in [-0.2, 0) is 6.18 Å². The molecule has 130 valence electrons. The minimum Gasteiger partial charge on any atom is -0.507 e. The molecule has 0 bridgehead atoms. The van der Waals surface area contributed by atoms with Crippen LogP contribution in [0.15, 0.2) is 30.5 Å². The highest BCUT2D eigenvalue weighted by molar-refractivity contribution is 5.68. The zero-order chi connectivity index (χ0) is 17.7. The van der Waals surface area contributed by atoms with Crippen LogP contribution in [0, 0.1) is 0 Å². The first kappa shape index (κ1) is 16.8. The molecule has 0 spiro atoms. The van der Waals surface area contributed by atoms with Crippen LogP contribution in [0.3, 0.4) is 0 Å². The molecule has 1 aromatic carbocycles. The van der Waals surface area contributed by atoms with Crippen molar-refractivity contribution in [3.05, 3.63) is 36.0 Å². The Kier molecular flexibility index (Phi) is 3.86. The summed E-state index contributed by atoms with van der Waals surface area (Å²) in [5.41, 5.74) is -0.0935. The molecule has 1 saturated heterocycles. The van der Waals surface area contributed by atoms with Gasteiger partial charge in [0.1, 0.15) is 5.75 Å². The van der Waals surface area contributed by atoms with E-state index in [1.807, 2.05) is 0 Å². The molecule has 2 aromatic rings. The number of aromatic nitrogens is 2. The summed E-state index contributed by atoms with van der Waals surface area (Å²) in [6, 6.07) is 4.66. The maximum absolute atomic E-state index is 12.9. The molecule has 1 fully saturated rings. The van der Waals surface area contributed by atoms with Gasteiger partial charge in [-0.1, -0.05) is 0 Å². The second-order valence-electron chi connectivity index (χ2n) is 7.12. The summed E-state index contributed by atoms with van der Waals surface area (Å²) in [7, 11) is 0. The Morgan fingerprint density at radius 3 is 2.38 bits per heavy atom. The van der Waals surface area contributed by atoms with Crippen molar-refractivity contribution in [2.75, 3.05) is 13.1 Å². The third-order valence-electron chi connectivity index (χ3n) is 4.43. The summed E-state index contributed by atoms with van der Waals surface area (Å²) in [4.78, 5) is 2.27. The van der Waals surface area contributed by atoms with E-state index < -0.39 is 11.7 Å². The van der Waals surface area contributed by atoms with Crippen molar-refractivity contribution in [3.8, 4) is 17.0 Å². The maximum Gasteiger partial charge on any atom is 0.416 e. The molecule has 1 aliphatic rings. The Hall–Kier alpha value is -2.02. The normalized spacial score (nSPS) is 17.1. The number of alkyl halides is 3. The third-order valence-corrected chi connectivity index (χ3v) is 4.43. The molecule has 0 amide bonds. The Bertz CT molecular complexity index is 740. The highest BCUT2D eigenvalue weighted by Gasteiger charge is 2.37. The minimum absolute atomic E-state index is 0.0438. The standard InChI is InChI=1S/C17H20F3N3O/c1-16(2,3)22-9-12(10-22)23-14(6-7-21-23)13-8-11(17(18,19)20)4-5-15(13)24/h4-8,12,24H,9-10H2,1-3H3. The summed E-state index contributed by atoms with van der Waals surface area (Å²) in [5, 5.41) is 14.3. The highest BCUT2D eigenvalue weighted by Crippen LogP contribution is 2.38. The van der Waals surface area contributed by atoms with Gasteiger partial charge in [-0.15, -0.1) is 0 Å². The first-order valence-electron chi connectivity index (χ1n) is 7.76. The molecular formula is C17H20F3N3O. The van der Waals surface area contributed by atoms with E-state index in [-0.39, 0.29) is 22.9 Å². The predicted molar refractivity (Wildman–Crippen MR) is 84.7 cm³/mol. The Labute approximate surface area is 138 Å². The SMILES string of the molecule is CC(C)(C)N1CC(n2nccc2-c2cc(C(F)(F)F)ccc2O)C1. The monoisotopic (exact) mass is 339 g/mol. The van der Waals surface area contributed by atoms with Gasteiger partial charge in [0.2, 0.25) is 0 Å². The lowest BCUT2D eigenvalue weighted by Gasteiger charge is -2.47. The van der Waals surface area contributed by atoms with Gasteiger partial charge in [0.05, 0.1) is 17.3 Å². The molecule has 1 aromatic heterocycles. The van der Waals surface area contributed by atoms with Crippen molar-refractivity contribution >= 4 is 0 Å². The Morgan fingerprint density at radius 1 is 1.12 bits per heavy atom. The van der Waals surface area contributed by atoms with Gasteiger partial charge in [0.15, 0.2) is 0 Å². The number of phenols is 1. The molecule has 0 radical (unpaired) electrons. The molecule has 4 nitrogen and oxygen atoms in total. The van der Waals surface area contributed by atoms with Crippen molar-refractivity contribution in [2.45, 2.75) is 38.5 Å². The van der Waals surface area contributed by atoms with Crippen molar-refractivity contribution < 1.29 is 18.3 Å². The van der Waals surface area contributed by atoms with Gasteiger partial charge in [0, 0.05) is 30.4 Å². The number of rotatable bonds is 2. The molecule has 2 heterocycles. The Morgan fingerprint density at radius 2 is 1.79 bits per heavy atom. The van der Waals surface area contributed by atoms with Crippen LogP contribution in [0.4, 0.5) is 13.2 Å². The van der Waals surface area contributed by atoms with Crippen LogP contribution >= 0.6 is 0 Å². The summed E-state index contributed by atoms with van der Waals surface area (Å²) in [5.74, 6) is -0.184. The number of phenolic OH excluding ortho intramolecular Hbond substituents is 1. The van der Waals surface area contributed by atoms with Crippen molar-refractivity contribution in [3.63, 3.8) is 0 Å². The lowest BCUT2D eigenvalue weighted by molar-refractivity contribution is -0.137. The summed E-state index contributed by atoms with van der Waals surface area (Å²) >= 11 is 0. The molecule has 0 unspecified atom stereocenters. The van der Waals surface area contributed by atoms with E-state index in [9.17, 15) is 18.3 Å². The number of nitrogens with zero attached hydrogens (tertiary/aromatic N) is 3. The minimum atomic E-state index is -4.45. The van der Waals surface area contributed by atoms with Gasteiger partial charge in [-0.05, 0) is 45.0 Å². The number of hydrogen-bond donors (Lipinski definition) is 1. The number of hydrogen-bond acceptors (Lipinski definition) is 3. The van der Waals surface area contributed by atoms with E-state index in [0.717, 1.165) is 31.3 Å². The summed E-state index contributed by atoms with van der Waals surface area (Å²) < 4.78 is 40.6. The molecule has 3 rings (SSSR count). The maximum atomic E-state index is 12.9. The fraction of sp³-hybridized carbons (Fsp3) is 0.471. The predicted octanol–water partition coefficient (Wildman–Crippen LogP) is 3.93. The molecule has 7 heteroatoms. The van der Waals surface area contributed by atoms with Crippen molar-refractivity contribution in [1.29, 1.82) is 0 Å². The number of benzene rings is 1. The van der Waals surface area contributed by atoms with Crippen LogP contribution in [0.1, 0.15) is 32.4 Å². The van der Waals surface area contributed by atoms with Crippen molar-refractivity contribution in [1.82, 2.24) is 14.7 Å². The largest absolute Gasteiger partial charge is 0.507 e. The molecule has 1 N–H and O–H groups in total. The molecule has 0 aliphatic carbocycles. The fourth-order valence-electron chi connectivity index (χ4n) is 2.89. The first-order valence-corrected chi connectivity index (χ1v) is 7.76. The summed E-state index contributed by atoms with van der Waals surface area (Å²) in [6.45, 7) is 7.90. The third kappa shape index (κ3) is 3.00. The molecular weight excluding hydrogens is 319 g/mol. The van der Waals surface area contributed by atoms with Gasteiger partial charge >= 0.3 is 6.18 Å². The Balaban J connectivity index is 1.92. The van der Waals surface area contributed by atoms with Crippen LogP contribution < -0.4 is 0 Å². The molecule has 1 aliphatic heterocycles. The van der Waals surface area contributed by atoms with Gasteiger partial charge < -0.3 is 5.11 Å². The van der Waals surface area contributed by atoms with E-state index >= 15 is 0 Å². The van der Waals surface area contributed by atoms with Gasteiger partial charge in [-0.3, -0.25) is 9.58 Å². The fourth-order valence-corrected chi connectivity index (χ4v) is 2.89. The molecule has 0 atom stereocenters. The summed E-state index contributed by atoms with van der Waals surface area (Å²) in [6.07, 6.45) is -2.90. The van der Waals surface area contributed by atoms with Crippen LogP contribution in [0.2, 0.25) is 0 Å². The zero-order valence-corrected chi connectivity index (χ0v) is 13.8. The molecule has 0 saturated carbocycles.